The van der Waals surface area contributed by atoms with E-state index >= 15 is 0 Å². The van der Waals surface area contributed by atoms with Crippen LogP contribution >= 0.6 is 0 Å². The molecule has 0 aromatic heterocycles. The van der Waals surface area contributed by atoms with E-state index in [0.717, 1.165) is 11.0 Å². The maximum Gasteiger partial charge on any atom is 0.270 e. The maximum atomic E-state index is 12.6. The number of nitro groups is 1. The van der Waals surface area contributed by atoms with Crippen LogP contribution in [0.5, 0.6) is 5.75 Å². The number of hydrogen-bond acceptors (Lipinski definition) is 6. The number of hydrogen-bond donors (Lipinski definition) is 0. The van der Waals surface area contributed by atoms with Crippen LogP contribution in [0.25, 0.3) is 0 Å². The molecule has 0 atom stereocenters. The molecule has 0 bridgehead atoms. The van der Waals surface area contributed by atoms with Crippen LogP contribution in [-0.4, -0.2) is 41.3 Å². The third-order valence-corrected chi connectivity index (χ3v) is 4.21. The quantitative estimate of drug-likeness (QED) is 0.454. The topological polar surface area (TPSA) is 110 Å². The Morgan fingerprint density at radius 2 is 1.74 bits per heavy atom. The Bertz CT molecular complexity index is 954. The van der Waals surface area contributed by atoms with E-state index in [2.05, 4.69) is 0 Å². The summed E-state index contributed by atoms with van der Waals surface area (Å²) in [5, 5.41) is 10.9. The third kappa shape index (κ3) is 3.22. The molecule has 2 aromatic rings. The largest absolute Gasteiger partial charge is 0.497 e. The van der Waals surface area contributed by atoms with Crippen LogP contribution < -0.4 is 9.64 Å². The van der Waals surface area contributed by atoms with Gasteiger partial charge in [-0.25, -0.2) is 0 Å². The number of carbonyl (C=O) groups excluding carboxylic acids is 3. The van der Waals surface area contributed by atoms with Gasteiger partial charge in [0, 0.05) is 24.7 Å². The monoisotopic (exact) mass is 369 g/mol. The Morgan fingerprint density at radius 3 is 2.30 bits per heavy atom. The molecule has 2 aromatic carbocycles. The third-order valence-electron chi connectivity index (χ3n) is 4.21. The van der Waals surface area contributed by atoms with Gasteiger partial charge in [-0.3, -0.25) is 34.3 Å². The van der Waals surface area contributed by atoms with Crippen LogP contribution in [-0.2, 0) is 4.79 Å². The molecule has 0 radical (unpaired) electrons. The van der Waals surface area contributed by atoms with Gasteiger partial charge in [-0.1, -0.05) is 0 Å². The molecule has 1 aliphatic rings. The minimum atomic E-state index is -0.682. The number of benzene rings is 2. The first-order chi connectivity index (χ1) is 12.8. The zero-order valence-electron chi connectivity index (χ0n) is 14.5. The first kappa shape index (κ1) is 18.1. The smallest absolute Gasteiger partial charge is 0.270 e. The molecule has 1 heterocycles. The lowest BCUT2D eigenvalue weighted by Crippen LogP contribution is -2.43. The van der Waals surface area contributed by atoms with E-state index < -0.39 is 16.7 Å². The lowest BCUT2D eigenvalue weighted by Gasteiger charge is -2.26. The van der Waals surface area contributed by atoms with Gasteiger partial charge in [0.1, 0.15) is 12.4 Å². The van der Waals surface area contributed by atoms with Crippen molar-refractivity contribution in [2.45, 2.75) is 6.92 Å². The number of carbonyl (C=O) groups is 3. The van der Waals surface area contributed by atoms with Crippen molar-refractivity contribution in [1.82, 2.24) is 4.90 Å². The Morgan fingerprint density at radius 1 is 1.11 bits per heavy atom. The summed E-state index contributed by atoms with van der Waals surface area (Å²) in [6.45, 7) is 1.01. The minimum Gasteiger partial charge on any atom is -0.497 e. The van der Waals surface area contributed by atoms with E-state index in [-0.39, 0.29) is 29.4 Å². The minimum absolute atomic E-state index is 0.0487. The first-order valence-corrected chi connectivity index (χ1v) is 7.90. The summed E-state index contributed by atoms with van der Waals surface area (Å²) in [6, 6.07) is 10.0. The van der Waals surface area contributed by atoms with E-state index in [1.807, 2.05) is 0 Å². The predicted molar refractivity (Wildman–Crippen MR) is 94.6 cm³/mol. The SMILES string of the molecule is COc1ccc(N(CN2C(=O)c3ccc([N+](=O)[O-])cc3C2=O)C(C)=O)cc1. The molecule has 9 heteroatoms. The second-order valence-corrected chi connectivity index (χ2v) is 5.81. The van der Waals surface area contributed by atoms with Gasteiger partial charge in [0.2, 0.25) is 5.91 Å². The van der Waals surface area contributed by atoms with Crippen molar-refractivity contribution in [2.24, 2.45) is 0 Å². The maximum absolute atomic E-state index is 12.6. The number of nitrogens with zero attached hydrogens (tertiary/aromatic N) is 3. The summed E-state index contributed by atoms with van der Waals surface area (Å²) < 4.78 is 5.07. The number of rotatable bonds is 5. The van der Waals surface area contributed by atoms with Crippen molar-refractivity contribution >= 4 is 29.1 Å². The van der Waals surface area contributed by atoms with Crippen LogP contribution in [0.3, 0.4) is 0 Å². The predicted octanol–water partition coefficient (Wildman–Crippen LogP) is 2.21. The summed E-state index contributed by atoms with van der Waals surface area (Å²) in [5.41, 5.74) is 0.220. The molecular weight excluding hydrogens is 354 g/mol. The zero-order valence-corrected chi connectivity index (χ0v) is 14.5. The fraction of sp³-hybridized carbons (Fsp3) is 0.167. The number of non-ortho nitro benzene ring substituents is 1. The number of anilines is 1. The Balaban J connectivity index is 1.90. The molecular formula is C18H15N3O6. The highest BCUT2D eigenvalue weighted by Gasteiger charge is 2.38. The molecule has 0 fully saturated rings. The highest BCUT2D eigenvalue weighted by Crippen LogP contribution is 2.28. The molecule has 0 N–H and O–H groups in total. The number of methoxy groups -OCH3 is 1. The van der Waals surface area contributed by atoms with Crippen molar-refractivity contribution in [1.29, 1.82) is 0 Å². The lowest BCUT2D eigenvalue weighted by atomic mass is 10.1. The molecule has 0 aliphatic carbocycles. The normalized spacial score (nSPS) is 12.7. The van der Waals surface area contributed by atoms with Crippen LogP contribution in [0.1, 0.15) is 27.6 Å². The molecule has 0 unspecified atom stereocenters. The van der Waals surface area contributed by atoms with Crippen LogP contribution in [0.15, 0.2) is 42.5 Å². The highest BCUT2D eigenvalue weighted by atomic mass is 16.6. The van der Waals surface area contributed by atoms with Gasteiger partial charge in [0.15, 0.2) is 0 Å². The fourth-order valence-corrected chi connectivity index (χ4v) is 2.79. The molecule has 138 valence electrons. The number of ether oxygens (including phenoxy) is 1. The molecule has 0 saturated heterocycles. The van der Waals surface area contributed by atoms with E-state index in [0.29, 0.717) is 11.4 Å². The Hall–Kier alpha value is -3.75. The van der Waals surface area contributed by atoms with Gasteiger partial charge in [-0.05, 0) is 30.3 Å². The second-order valence-electron chi connectivity index (χ2n) is 5.81. The number of nitro benzene ring substituents is 1. The average Bonchev–Trinajstić information content (AvgIpc) is 2.89. The van der Waals surface area contributed by atoms with Gasteiger partial charge < -0.3 is 4.74 Å². The van der Waals surface area contributed by atoms with Crippen molar-refractivity contribution in [2.75, 3.05) is 18.7 Å². The molecule has 0 spiro atoms. The highest BCUT2D eigenvalue weighted by molar-refractivity contribution is 6.22. The van der Waals surface area contributed by atoms with Crippen molar-refractivity contribution in [3.63, 3.8) is 0 Å². The van der Waals surface area contributed by atoms with Crippen LogP contribution in [0, 0.1) is 10.1 Å². The second kappa shape index (κ2) is 6.87. The van der Waals surface area contributed by atoms with E-state index in [1.165, 1.54) is 31.1 Å². The summed E-state index contributed by atoms with van der Waals surface area (Å²) in [7, 11) is 1.51. The zero-order chi connectivity index (χ0) is 19.7. The number of fused-ring (bicyclic) bond motifs is 1. The van der Waals surface area contributed by atoms with Crippen molar-refractivity contribution in [3.05, 3.63) is 63.7 Å². The Labute approximate surface area is 153 Å². The fourth-order valence-electron chi connectivity index (χ4n) is 2.79. The molecule has 0 saturated carbocycles. The van der Waals surface area contributed by atoms with Gasteiger partial charge in [-0.2, -0.15) is 0 Å². The first-order valence-electron chi connectivity index (χ1n) is 7.90. The summed E-state index contributed by atoms with van der Waals surface area (Å²) in [5.74, 6) is -1.07. The van der Waals surface area contributed by atoms with E-state index in [4.69, 9.17) is 4.74 Å². The molecule has 27 heavy (non-hydrogen) atoms. The molecule has 3 rings (SSSR count). The summed E-state index contributed by atoms with van der Waals surface area (Å²) in [4.78, 5) is 49.6. The number of amides is 3. The summed E-state index contributed by atoms with van der Waals surface area (Å²) in [6.07, 6.45) is 0. The number of imide groups is 1. The molecule has 3 amide bonds. The summed E-state index contributed by atoms with van der Waals surface area (Å²) >= 11 is 0. The van der Waals surface area contributed by atoms with E-state index in [9.17, 15) is 24.5 Å². The lowest BCUT2D eigenvalue weighted by molar-refractivity contribution is -0.384. The standard InChI is InChI=1S/C18H15N3O6/c1-11(22)19(12-3-6-14(27-2)7-4-12)10-20-17(23)15-8-5-13(21(25)26)9-16(15)18(20)24/h3-9H,10H2,1-2H3. The van der Waals surface area contributed by atoms with E-state index in [1.54, 1.807) is 24.3 Å². The average molecular weight is 369 g/mol. The Kier molecular flexibility index (Phi) is 4.59. The van der Waals surface area contributed by atoms with Crippen LogP contribution in [0.4, 0.5) is 11.4 Å². The van der Waals surface area contributed by atoms with Gasteiger partial charge in [-0.15, -0.1) is 0 Å². The van der Waals surface area contributed by atoms with Crippen molar-refractivity contribution < 1.29 is 24.0 Å². The van der Waals surface area contributed by atoms with Crippen molar-refractivity contribution in [3.8, 4) is 5.75 Å². The molecule has 9 nitrogen and oxygen atoms in total. The van der Waals surface area contributed by atoms with Gasteiger partial charge >= 0.3 is 0 Å². The van der Waals surface area contributed by atoms with Gasteiger partial charge in [0.25, 0.3) is 17.5 Å². The van der Waals surface area contributed by atoms with Crippen LogP contribution in [0.2, 0.25) is 0 Å². The van der Waals surface area contributed by atoms with Gasteiger partial charge in [0.05, 0.1) is 23.2 Å². The molecule has 1 aliphatic heterocycles.